The first-order valence-electron chi connectivity index (χ1n) is 6.96. The van der Waals surface area contributed by atoms with E-state index < -0.39 is 0 Å². The lowest BCUT2D eigenvalue weighted by molar-refractivity contribution is 0.0430. The third kappa shape index (κ3) is 4.04. The molecule has 2 fully saturated rings. The number of nitrogens with one attached hydrogen (secondary N) is 1. The lowest BCUT2D eigenvalue weighted by atomic mass is 9.82. The Hall–Kier alpha value is -0.120. The molecule has 0 aromatic rings. The Bertz CT molecular complexity index is 186. The maximum Gasteiger partial charge on any atom is 0.0546 e. The van der Waals surface area contributed by atoms with Crippen LogP contribution in [0.3, 0.4) is 0 Å². The van der Waals surface area contributed by atoms with Gasteiger partial charge in [-0.25, -0.2) is 0 Å². The van der Waals surface area contributed by atoms with Crippen molar-refractivity contribution in [1.29, 1.82) is 0 Å². The van der Waals surface area contributed by atoms with Crippen molar-refractivity contribution in [3.8, 4) is 0 Å². The first-order valence-corrected chi connectivity index (χ1v) is 6.96. The van der Waals surface area contributed by atoms with Gasteiger partial charge in [0.15, 0.2) is 0 Å². The summed E-state index contributed by atoms with van der Waals surface area (Å²) in [6.07, 6.45) is 7.52. The van der Waals surface area contributed by atoms with E-state index in [0.29, 0.717) is 0 Å². The number of nitrogens with zero attached hydrogens (tertiary/aromatic N) is 1. The Balaban J connectivity index is 1.40. The third-order valence-electron chi connectivity index (χ3n) is 3.92. The maximum atomic E-state index is 9.16. The van der Waals surface area contributed by atoms with Gasteiger partial charge in [-0.1, -0.05) is 6.42 Å². The average molecular weight is 226 g/mol. The van der Waals surface area contributed by atoms with Gasteiger partial charge in [0.25, 0.3) is 0 Å². The van der Waals surface area contributed by atoms with E-state index in [9.17, 15) is 0 Å². The predicted molar refractivity (Wildman–Crippen MR) is 66.5 cm³/mol. The van der Waals surface area contributed by atoms with E-state index >= 15 is 0 Å². The summed E-state index contributed by atoms with van der Waals surface area (Å²) < 4.78 is 0. The molecule has 0 atom stereocenters. The minimum absolute atomic E-state index is 0.000139. The molecule has 2 N–H and O–H groups in total. The number of aliphatic hydroxyl groups is 1. The SMILES string of the molecule is OC1CC(CNCCCN2CCCCC2)C1. The number of aliphatic hydroxyl groups excluding tert-OH is 1. The standard InChI is InChI=1S/C13H26N2O/c16-13-9-12(10-13)11-14-5-4-8-15-6-2-1-3-7-15/h12-14,16H,1-11H2. The molecule has 1 aliphatic heterocycles. The first kappa shape index (κ1) is 12.3. The predicted octanol–water partition coefficient (Wildman–Crippen LogP) is 1.22. The fourth-order valence-corrected chi connectivity index (χ4v) is 2.78. The minimum atomic E-state index is 0.000139. The van der Waals surface area contributed by atoms with Crippen LogP contribution in [0.4, 0.5) is 0 Å². The Morgan fingerprint density at radius 1 is 1.12 bits per heavy atom. The number of rotatable bonds is 6. The van der Waals surface area contributed by atoms with Gasteiger partial charge >= 0.3 is 0 Å². The number of hydrogen-bond acceptors (Lipinski definition) is 3. The zero-order valence-electron chi connectivity index (χ0n) is 10.3. The van der Waals surface area contributed by atoms with E-state index in [0.717, 1.165) is 31.8 Å². The molecule has 0 aromatic heterocycles. The van der Waals surface area contributed by atoms with Crippen molar-refractivity contribution in [1.82, 2.24) is 10.2 Å². The zero-order valence-corrected chi connectivity index (χ0v) is 10.3. The van der Waals surface area contributed by atoms with Gasteiger partial charge in [-0.15, -0.1) is 0 Å². The molecule has 0 unspecified atom stereocenters. The number of likely N-dealkylation sites (tertiary alicyclic amines) is 1. The average Bonchev–Trinajstić information content (AvgIpc) is 2.27. The van der Waals surface area contributed by atoms with Crippen LogP contribution in [-0.2, 0) is 0 Å². The third-order valence-corrected chi connectivity index (χ3v) is 3.92. The quantitative estimate of drug-likeness (QED) is 0.669. The van der Waals surface area contributed by atoms with Gasteiger partial charge in [-0.2, -0.15) is 0 Å². The molecule has 1 heterocycles. The van der Waals surface area contributed by atoms with Crippen molar-refractivity contribution in [2.45, 2.75) is 44.6 Å². The molecule has 1 saturated heterocycles. The monoisotopic (exact) mass is 226 g/mol. The molecule has 0 spiro atoms. The van der Waals surface area contributed by atoms with Crippen LogP contribution in [-0.4, -0.2) is 48.8 Å². The van der Waals surface area contributed by atoms with Crippen molar-refractivity contribution in [2.24, 2.45) is 5.92 Å². The highest BCUT2D eigenvalue weighted by Gasteiger charge is 2.26. The van der Waals surface area contributed by atoms with Crippen molar-refractivity contribution in [3.63, 3.8) is 0 Å². The molecule has 0 radical (unpaired) electrons. The Morgan fingerprint density at radius 3 is 2.56 bits per heavy atom. The van der Waals surface area contributed by atoms with E-state index in [4.69, 9.17) is 5.11 Å². The summed E-state index contributed by atoms with van der Waals surface area (Å²) in [5.74, 6) is 0.741. The lowest BCUT2D eigenvalue weighted by Gasteiger charge is -2.31. The minimum Gasteiger partial charge on any atom is -0.393 e. The van der Waals surface area contributed by atoms with Gasteiger partial charge in [0.05, 0.1) is 6.10 Å². The van der Waals surface area contributed by atoms with Crippen LogP contribution in [0.2, 0.25) is 0 Å². The van der Waals surface area contributed by atoms with Gasteiger partial charge in [0, 0.05) is 0 Å². The second kappa shape index (κ2) is 6.58. The molecule has 1 aliphatic carbocycles. The molecule has 16 heavy (non-hydrogen) atoms. The van der Waals surface area contributed by atoms with Crippen LogP contribution >= 0.6 is 0 Å². The Morgan fingerprint density at radius 2 is 1.88 bits per heavy atom. The maximum absolute atomic E-state index is 9.16. The largest absolute Gasteiger partial charge is 0.393 e. The second-order valence-electron chi connectivity index (χ2n) is 5.45. The Kier molecular flexibility index (Phi) is 5.07. The topological polar surface area (TPSA) is 35.5 Å². The highest BCUT2D eigenvalue weighted by atomic mass is 16.3. The molecule has 94 valence electrons. The molecular weight excluding hydrogens is 200 g/mol. The van der Waals surface area contributed by atoms with Crippen LogP contribution in [0.5, 0.6) is 0 Å². The normalized spacial score (nSPS) is 31.3. The van der Waals surface area contributed by atoms with Crippen LogP contribution in [0.1, 0.15) is 38.5 Å². The van der Waals surface area contributed by atoms with E-state index in [1.165, 1.54) is 45.3 Å². The van der Waals surface area contributed by atoms with Crippen molar-refractivity contribution in [2.75, 3.05) is 32.7 Å². The van der Waals surface area contributed by atoms with E-state index in [1.807, 2.05) is 0 Å². The van der Waals surface area contributed by atoms with Gasteiger partial charge in [0.1, 0.15) is 0 Å². The second-order valence-corrected chi connectivity index (χ2v) is 5.45. The zero-order chi connectivity index (χ0) is 11.2. The molecule has 3 nitrogen and oxygen atoms in total. The lowest BCUT2D eigenvalue weighted by Crippen LogP contribution is -2.37. The Labute approximate surface area is 99.2 Å². The van der Waals surface area contributed by atoms with Crippen LogP contribution in [0, 0.1) is 5.92 Å². The van der Waals surface area contributed by atoms with Crippen LogP contribution in [0.25, 0.3) is 0 Å². The van der Waals surface area contributed by atoms with Gasteiger partial charge in [0.2, 0.25) is 0 Å². The van der Waals surface area contributed by atoms with Crippen molar-refractivity contribution >= 4 is 0 Å². The number of hydrogen-bond donors (Lipinski definition) is 2. The fraction of sp³-hybridized carbons (Fsp3) is 1.00. The van der Waals surface area contributed by atoms with Crippen molar-refractivity contribution in [3.05, 3.63) is 0 Å². The molecule has 2 aliphatic rings. The summed E-state index contributed by atoms with van der Waals surface area (Å²) >= 11 is 0. The molecule has 0 aromatic carbocycles. The smallest absolute Gasteiger partial charge is 0.0546 e. The van der Waals surface area contributed by atoms with E-state index in [1.54, 1.807) is 0 Å². The van der Waals surface area contributed by atoms with Crippen LogP contribution in [0.15, 0.2) is 0 Å². The molecule has 0 bridgehead atoms. The molecule has 2 rings (SSSR count). The molecular formula is C13H26N2O. The van der Waals surface area contributed by atoms with E-state index in [-0.39, 0.29) is 6.10 Å². The highest BCUT2D eigenvalue weighted by molar-refractivity contribution is 4.80. The van der Waals surface area contributed by atoms with Gasteiger partial charge in [-0.05, 0) is 70.7 Å². The summed E-state index contributed by atoms with van der Waals surface area (Å²) in [7, 11) is 0. The summed E-state index contributed by atoms with van der Waals surface area (Å²) in [5.41, 5.74) is 0. The summed E-state index contributed by atoms with van der Waals surface area (Å²) in [6.45, 7) is 6.14. The number of piperidine rings is 1. The summed E-state index contributed by atoms with van der Waals surface area (Å²) in [6, 6.07) is 0. The molecule has 3 heteroatoms. The summed E-state index contributed by atoms with van der Waals surface area (Å²) in [4.78, 5) is 2.60. The van der Waals surface area contributed by atoms with E-state index in [2.05, 4.69) is 10.2 Å². The van der Waals surface area contributed by atoms with Crippen LogP contribution < -0.4 is 5.32 Å². The fourth-order valence-electron chi connectivity index (χ4n) is 2.78. The molecule has 1 saturated carbocycles. The molecule has 0 amide bonds. The van der Waals surface area contributed by atoms with Gasteiger partial charge in [-0.3, -0.25) is 0 Å². The van der Waals surface area contributed by atoms with Gasteiger partial charge < -0.3 is 15.3 Å². The highest BCUT2D eigenvalue weighted by Crippen LogP contribution is 2.25. The first-order chi connectivity index (χ1) is 7.84. The van der Waals surface area contributed by atoms with Crippen molar-refractivity contribution < 1.29 is 5.11 Å². The summed E-state index contributed by atoms with van der Waals surface area (Å²) in [5, 5.41) is 12.7.